The first kappa shape index (κ1) is 19.7. The highest BCUT2D eigenvalue weighted by atomic mass is 32.2. The summed E-state index contributed by atoms with van der Waals surface area (Å²) in [6.07, 6.45) is 0. The molecule has 5 nitrogen and oxygen atoms in total. The number of piperazine rings is 1. The molecule has 1 aliphatic heterocycles. The van der Waals surface area contributed by atoms with E-state index in [1.165, 1.54) is 5.69 Å². The number of anilines is 2. The second-order valence-corrected chi connectivity index (χ2v) is 8.83. The van der Waals surface area contributed by atoms with Crippen LogP contribution in [0.5, 0.6) is 0 Å². The molecule has 1 saturated heterocycles. The lowest BCUT2D eigenvalue weighted by Crippen LogP contribution is -2.48. The molecule has 3 rings (SSSR count). The van der Waals surface area contributed by atoms with Crippen molar-refractivity contribution in [1.82, 2.24) is 4.31 Å². The van der Waals surface area contributed by atoms with Crippen LogP contribution in [0.4, 0.5) is 11.4 Å². The maximum absolute atomic E-state index is 12.9. The van der Waals surface area contributed by atoms with Crippen molar-refractivity contribution in [1.29, 1.82) is 0 Å². The Morgan fingerprint density at radius 2 is 1.56 bits per heavy atom. The second-order valence-electron chi connectivity index (χ2n) is 6.90. The fourth-order valence-electron chi connectivity index (χ4n) is 3.57. The lowest BCUT2D eigenvalue weighted by Gasteiger charge is -2.35. The summed E-state index contributed by atoms with van der Waals surface area (Å²) in [6, 6.07) is 15.7. The van der Waals surface area contributed by atoms with Crippen LogP contribution < -0.4 is 9.80 Å². The van der Waals surface area contributed by atoms with Crippen molar-refractivity contribution in [3.8, 4) is 0 Å². The highest BCUT2D eigenvalue weighted by Crippen LogP contribution is 2.24. The van der Waals surface area contributed by atoms with Gasteiger partial charge in [0.15, 0.2) is 0 Å². The van der Waals surface area contributed by atoms with Crippen LogP contribution in [-0.4, -0.2) is 52.0 Å². The van der Waals surface area contributed by atoms with Crippen LogP contribution in [0.1, 0.15) is 19.4 Å². The number of hydrogen-bond donors (Lipinski definition) is 0. The molecule has 0 amide bonds. The largest absolute Gasteiger partial charge is 0.372 e. The molecule has 0 aromatic heterocycles. The molecule has 0 bridgehead atoms. The van der Waals surface area contributed by atoms with Gasteiger partial charge >= 0.3 is 0 Å². The zero-order valence-corrected chi connectivity index (χ0v) is 17.2. The average molecular weight is 388 g/mol. The smallest absolute Gasteiger partial charge is 0.243 e. The maximum Gasteiger partial charge on any atom is 0.243 e. The summed E-state index contributed by atoms with van der Waals surface area (Å²) >= 11 is 0. The first-order valence-corrected chi connectivity index (χ1v) is 11.1. The van der Waals surface area contributed by atoms with Gasteiger partial charge in [-0.1, -0.05) is 12.1 Å². The normalized spacial score (nSPS) is 15.7. The lowest BCUT2D eigenvalue weighted by molar-refractivity contribution is 0.385. The minimum absolute atomic E-state index is 0.388. The SMILES string of the molecule is CCN(CC)c1ccc(N2CCN(S(=O)(=O)c3cccc(C)c3)CC2)cc1. The molecule has 1 aliphatic rings. The van der Waals surface area contributed by atoms with Crippen molar-refractivity contribution >= 4 is 21.4 Å². The van der Waals surface area contributed by atoms with Gasteiger partial charge in [-0.25, -0.2) is 8.42 Å². The topological polar surface area (TPSA) is 43.9 Å². The number of nitrogens with zero attached hydrogens (tertiary/aromatic N) is 3. The molecular weight excluding hydrogens is 358 g/mol. The molecule has 2 aromatic rings. The van der Waals surface area contributed by atoms with Crippen LogP contribution in [0.15, 0.2) is 53.4 Å². The second kappa shape index (κ2) is 8.31. The van der Waals surface area contributed by atoms with Crippen molar-refractivity contribution in [3.63, 3.8) is 0 Å². The van der Waals surface area contributed by atoms with Crippen molar-refractivity contribution < 1.29 is 8.42 Å². The third-order valence-electron chi connectivity index (χ3n) is 5.21. The highest BCUT2D eigenvalue weighted by molar-refractivity contribution is 7.89. The Morgan fingerprint density at radius 1 is 0.926 bits per heavy atom. The van der Waals surface area contributed by atoms with Crippen LogP contribution in [0, 0.1) is 6.92 Å². The predicted molar refractivity (Wildman–Crippen MR) is 112 cm³/mol. The summed E-state index contributed by atoms with van der Waals surface area (Å²) in [5.74, 6) is 0. The van der Waals surface area contributed by atoms with E-state index in [9.17, 15) is 8.42 Å². The number of rotatable bonds is 6. The molecular formula is C21H29N3O2S. The van der Waals surface area contributed by atoms with Crippen LogP contribution >= 0.6 is 0 Å². The van der Waals surface area contributed by atoms with Crippen LogP contribution in [0.25, 0.3) is 0 Å². The first-order valence-electron chi connectivity index (χ1n) is 9.62. The number of hydrogen-bond acceptors (Lipinski definition) is 4. The number of aryl methyl sites for hydroxylation is 1. The van der Waals surface area contributed by atoms with Gasteiger partial charge in [-0.3, -0.25) is 0 Å². The fourth-order valence-corrected chi connectivity index (χ4v) is 5.10. The van der Waals surface area contributed by atoms with E-state index in [4.69, 9.17) is 0 Å². The minimum Gasteiger partial charge on any atom is -0.372 e. The summed E-state index contributed by atoms with van der Waals surface area (Å²) < 4.78 is 27.3. The van der Waals surface area contributed by atoms with Gasteiger partial charge < -0.3 is 9.80 Å². The Labute approximate surface area is 163 Å². The Morgan fingerprint density at radius 3 is 2.11 bits per heavy atom. The lowest BCUT2D eigenvalue weighted by atomic mass is 10.2. The van der Waals surface area contributed by atoms with Crippen LogP contribution in [0.2, 0.25) is 0 Å². The summed E-state index contributed by atoms with van der Waals surface area (Å²) in [5, 5.41) is 0. The van der Waals surface area contributed by atoms with Gasteiger partial charge in [0.2, 0.25) is 10.0 Å². The van der Waals surface area contributed by atoms with Crippen molar-refractivity contribution in [3.05, 3.63) is 54.1 Å². The Bertz CT molecular complexity index is 853. The van der Waals surface area contributed by atoms with Gasteiger partial charge in [-0.05, 0) is 62.7 Å². The zero-order chi connectivity index (χ0) is 19.4. The van der Waals surface area contributed by atoms with E-state index in [0.717, 1.165) is 24.3 Å². The molecule has 0 saturated carbocycles. The van der Waals surface area contributed by atoms with Gasteiger partial charge in [-0.2, -0.15) is 4.31 Å². The van der Waals surface area contributed by atoms with Gasteiger partial charge in [0.1, 0.15) is 0 Å². The summed E-state index contributed by atoms with van der Waals surface area (Å²) in [4.78, 5) is 4.96. The van der Waals surface area contributed by atoms with E-state index in [0.29, 0.717) is 31.1 Å². The van der Waals surface area contributed by atoms with E-state index in [-0.39, 0.29) is 0 Å². The van der Waals surface area contributed by atoms with Gasteiger partial charge in [0.05, 0.1) is 4.90 Å². The average Bonchev–Trinajstić information content (AvgIpc) is 2.69. The Kier molecular flexibility index (Phi) is 6.07. The predicted octanol–water partition coefficient (Wildman–Crippen LogP) is 3.35. The minimum atomic E-state index is -3.41. The molecule has 0 atom stereocenters. The zero-order valence-electron chi connectivity index (χ0n) is 16.4. The number of sulfonamides is 1. The van der Waals surface area contributed by atoms with Crippen molar-refractivity contribution in [2.75, 3.05) is 49.1 Å². The standard InChI is InChI=1S/C21H29N3O2S/c1-4-22(5-2)19-9-11-20(12-10-19)23-13-15-24(16-14-23)27(25,26)21-8-6-7-18(3)17-21/h6-12,17H,4-5,13-16H2,1-3H3. The molecule has 1 fully saturated rings. The van der Waals surface area contributed by atoms with Gasteiger partial charge in [0, 0.05) is 50.6 Å². The molecule has 0 N–H and O–H groups in total. The fraction of sp³-hybridized carbons (Fsp3) is 0.429. The first-order chi connectivity index (χ1) is 13.0. The van der Waals surface area contributed by atoms with Crippen molar-refractivity contribution in [2.24, 2.45) is 0 Å². The molecule has 0 aliphatic carbocycles. The molecule has 27 heavy (non-hydrogen) atoms. The van der Waals surface area contributed by atoms with E-state index >= 15 is 0 Å². The summed E-state index contributed by atoms with van der Waals surface area (Å²) in [7, 11) is -3.41. The van der Waals surface area contributed by atoms with Crippen LogP contribution in [0.3, 0.4) is 0 Å². The van der Waals surface area contributed by atoms with E-state index in [1.807, 2.05) is 13.0 Å². The van der Waals surface area contributed by atoms with Gasteiger partial charge in [0.25, 0.3) is 0 Å². The molecule has 0 unspecified atom stereocenters. The van der Waals surface area contributed by atoms with E-state index < -0.39 is 10.0 Å². The molecule has 0 radical (unpaired) electrons. The van der Waals surface area contributed by atoms with Crippen LogP contribution in [-0.2, 0) is 10.0 Å². The third kappa shape index (κ3) is 4.28. The van der Waals surface area contributed by atoms with E-state index in [2.05, 4.69) is 47.9 Å². The third-order valence-corrected chi connectivity index (χ3v) is 7.10. The van der Waals surface area contributed by atoms with E-state index in [1.54, 1.807) is 22.5 Å². The molecule has 1 heterocycles. The molecule has 6 heteroatoms. The summed E-state index contributed by atoms with van der Waals surface area (Å²) in [6.45, 7) is 10.6. The molecule has 0 spiro atoms. The Hall–Kier alpha value is -2.05. The summed E-state index contributed by atoms with van der Waals surface area (Å²) in [5.41, 5.74) is 3.34. The van der Waals surface area contributed by atoms with Crippen molar-refractivity contribution in [2.45, 2.75) is 25.7 Å². The molecule has 2 aromatic carbocycles. The number of benzene rings is 2. The highest BCUT2D eigenvalue weighted by Gasteiger charge is 2.28. The van der Waals surface area contributed by atoms with Gasteiger partial charge in [-0.15, -0.1) is 0 Å². The maximum atomic E-state index is 12.9. The Balaban J connectivity index is 1.66. The molecule has 146 valence electrons. The quantitative estimate of drug-likeness (QED) is 0.762. The monoisotopic (exact) mass is 387 g/mol.